The van der Waals surface area contributed by atoms with Gasteiger partial charge in [-0.1, -0.05) is 281 Å². The number of nitrogens with one attached hydrogen (secondary N) is 1. The van der Waals surface area contributed by atoms with E-state index in [1.54, 1.807) is 6.08 Å². The van der Waals surface area contributed by atoms with Gasteiger partial charge in [0.1, 0.15) is 24.4 Å². The first-order valence-electron chi connectivity index (χ1n) is 34.4. The van der Waals surface area contributed by atoms with Gasteiger partial charge in [-0.2, -0.15) is 0 Å². The molecule has 0 saturated carbocycles. The van der Waals surface area contributed by atoms with Gasteiger partial charge in [0.05, 0.1) is 32.0 Å². The molecule has 1 saturated heterocycles. The van der Waals surface area contributed by atoms with Crippen LogP contribution < -0.4 is 5.32 Å². The summed E-state index contributed by atoms with van der Waals surface area (Å²) in [6.45, 7) is 4.32. The summed E-state index contributed by atoms with van der Waals surface area (Å²) in [6, 6.07) is -0.827. The standard InChI is InChI=1S/C70H129NO10/c1-3-5-7-9-11-13-36-40-44-48-52-56-63(73)62(61-80-70-69(78)68(77)67(76)64(60-72)81-70)71-65(74)57-53-49-45-41-38-34-32-30-28-26-24-22-20-18-16-15-17-19-21-23-25-27-29-31-33-35-39-43-47-51-55-59-79-66(75)58-54-50-46-42-37-14-12-10-8-6-4-2/h17,19,23,25,36,40,52,56,62-64,67-70,72-73,76-78H,3-16,18,20-22,24,26-35,37-39,41-51,53-55,57-61H2,1-2H3,(H,71,74)/b19-17-,25-23-,40-36+,56-52+. The van der Waals surface area contributed by atoms with Gasteiger partial charge in [-0.05, 0) is 77.0 Å². The summed E-state index contributed by atoms with van der Waals surface area (Å²) in [5, 5.41) is 54.3. The minimum absolute atomic E-state index is 0.00458. The molecule has 7 unspecified atom stereocenters. The number of esters is 1. The van der Waals surface area contributed by atoms with Crippen LogP contribution in [0.4, 0.5) is 0 Å². The Morgan fingerprint density at radius 3 is 1.30 bits per heavy atom. The Morgan fingerprint density at radius 1 is 0.457 bits per heavy atom. The summed E-state index contributed by atoms with van der Waals surface area (Å²) in [5.41, 5.74) is 0. The van der Waals surface area contributed by atoms with E-state index in [2.05, 4.69) is 55.6 Å². The van der Waals surface area contributed by atoms with E-state index in [0.717, 1.165) is 64.2 Å². The van der Waals surface area contributed by atoms with Gasteiger partial charge in [-0.3, -0.25) is 9.59 Å². The molecule has 0 aromatic heterocycles. The fraction of sp³-hybridized carbons (Fsp3) is 0.857. The molecular weight excluding hydrogens is 1010 g/mol. The molecule has 474 valence electrons. The summed E-state index contributed by atoms with van der Waals surface area (Å²) >= 11 is 0. The summed E-state index contributed by atoms with van der Waals surface area (Å²) in [4.78, 5) is 25.0. The number of allylic oxidation sites excluding steroid dienone is 7. The Morgan fingerprint density at radius 2 is 0.840 bits per heavy atom. The van der Waals surface area contributed by atoms with Crippen LogP contribution in [-0.2, 0) is 23.8 Å². The van der Waals surface area contributed by atoms with E-state index in [4.69, 9.17) is 14.2 Å². The molecular formula is C70H129NO10. The topological polar surface area (TPSA) is 175 Å². The Labute approximate surface area is 497 Å². The van der Waals surface area contributed by atoms with E-state index in [1.165, 1.54) is 231 Å². The largest absolute Gasteiger partial charge is 0.466 e. The number of aliphatic hydroxyl groups excluding tert-OH is 5. The van der Waals surface area contributed by atoms with Crippen LogP contribution in [0.5, 0.6) is 0 Å². The Bertz CT molecular complexity index is 1480. The highest BCUT2D eigenvalue weighted by Crippen LogP contribution is 2.23. The molecule has 0 aromatic carbocycles. The van der Waals surface area contributed by atoms with Crippen molar-refractivity contribution in [3.8, 4) is 0 Å². The van der Waals surface area contributed by atoms with E-state index >= 15 is 0 Å². The molecule has 11 nitrogen and oxygen atoms in total. The monoisotopic (exact) mass is 1140 g/mol. The molecule has 0 aliphatic carbocycles. The molecule has 1 aliphatic rings. The van der Waals surface area contributed by atoms with Crippen molar-refractivity contribution in [1.29, 1.82) is 0 Å². The predicted octanol–water partition coefficient (Wildman–Crippen LogP) is 17.2. The quantitative estimate of drug-likeness (QED) is 0.0195. The highest BCUT2D eigenvalue weighted by atomic mass is 16.7. The fourth-order valence-electron chi connectivity index (χ4n) is 10.7. The van der Waals surface area contributed by atoms with Gasteiger partial charge >= 0.3 is 5.97 Å². The van der Waals surface area contributed by atoms with Crippen LogP contribution in [0.3, 0.4) is 0 Å². The van der Waals surface area contributed by atoms with Gasteiger partial charge in [0.25, 0.3) is 0 Å². The maximum absolute atomic E-state index is 13.0. The molecule has 6 N–H and O–H groups in total. The number of hydrogen-bond donors (Lipinski definition) is 6. The van der Waals surface area contributed by atoms with Gasteiger partial charge in [-0.15, -0.1) is 0 Å². The lowest BCUT2D eigenvalue weighted by Gasteiger charge is -2.40. The second kappa shape index (κ2) is 59.4. The average molecular weight is 1140 g/mol. The number of hydrogen-bond acceptors (Lipinski definition) is 10. The normalized spacial score (nSPS) is 18.5. The second-order valence-electron chi connectivity index (χ2n) is 23.9. The minimum atomic E-state index is -1.58. The first-order chi connectivity index (χ1) is 39.7. The van der Waals surface area contributed by atoms with Crippen molar-refractivity contribution in [2.24, 2.45) is 0 Å². The molecule has 0 aromatic rings. The molecule has 1 aliphatic heterocycles. The number of ether oxygens (including phenoxy) is 3. The van der Waals surface area contributed by atoms with Gasteiger partial charge in [0, 0.05) is 12.8 Å². The molecule has 0 radical (unpaired) electrons. The molecule has 1 rings (SSSR count). The molecule has 0 bridgehead atoms. The van der Waals surface area contributed by atoms with Crippen molar-refractivity contribution < 1.29 is 49.3 Å². The zero-order chi connectivity index (χ0) is 58.7. The molecule has 0 spiro atoms. The first kappa shape index (κ1) is 76.6. The molecule has 81 heavy (non-hydrogen) atoms. The third-order valence-electron chi connectivity index (χ3n) is 16.2. The molecule has 7 atom stereocenters. The lowest BCUT2D eigenvalue weighted by atomic mass is 9.99. The fourth-order valence-corrected chi connectivity index (χ4v) is 10.7. The smallest absolute Gasteiger partial charge is 0.305 e. The third kappa shape index (κ3) is 48.5. The number of unbranched alkanes of at least 4 members (excludes halogenated alkanes) is 40. The van der Waals surface area contributed by atoms with Crippen molar-refractivity contribution in [2.45, 2.75) is 365 Å². The lowest BCUT2D eigenvalue weighted by molar-refractivity contribution is -0.302. The molecule has 1 amide bonds. The maximum Gasteiger partial charge on any atom is 0.305 e. The second-order valence-corrected chi connectivity index (χ2v) is 23.9. The van der Waals surface area contributed by atoms with Crippen molar-refractivity contribution in [3.05, 3.63) is 48.6 Å². The number of amides is 1. The van der Waals surface area contributed by atoms with Crippen LogP contribution in [0.25, 0.3) is 0 Å². The molecule has 11 heteroatoms. The average Bonchev–Trinajstić information content (AvgIpc) is 3.47. The third-order valence-corrected chi connectivity index (χ3v) is 16.2. The van der Waals surface area contributed by atoms with Crippen LogP contribution in [0.15, 0.2) is 48.6 Å². The number of carbonyl (C=O) groups excluding carboxylic acids is 2. The van der Waals surface area contributed by atoms with Crippen LogP contribution >= 0.6 is 0 Å². The summed E-state index contributed by atoms with van der Waals surface area (Å²) < 4.78 is 16.7. The maximum atomic E-state index is 13.0. The van der Waals surface area contributed by atoms with Crippen LogP contribution in [0.1, 0.15) is 322 Å². The zero-order valence-electron chi connectivity index (χ0n) is 52.5. The Kier molecular flexibility index (Phi) is 56.2. The lowest BCUT2D eigenvalue weighted by Crippen LogP contribution is -2.60. The van der Waals surface area contributed by atoms with E-state index in [0.29, 0.717) is 19.4 Å². The Balaban J connectivity index is 1.97. The first-order valence-corrected chi connectivity index (χ1v) is 34.4. The molecule has 1 fully saturated rings. The number of aliphatic hydroxyl groups is 5. The zero-order valence-corrected chi connectivity index (χ0v) is 52.5. The van der Waals surface area contributed by atoms with E-state index in [9.17, 15) is 35.1 Å². The van der Waals surface area contributed by atoms with E-state index in [-0.39, 0.29) is 18.5 Å². The van der Waals surface area contributed by atoms with Gasteiger partial charge in [-0.25, -0.2) is 0 Å². The highest BCUT2D eigenvalue weighted by Gasteiger charge is 2.44. The minimum Gasteiger partial charge on any atom is -0.466 e. The van der Waals surface area contributed by atoms with Crippen LogP contribution in [-0.4, -0.2) is 100 Å². The van der Waals surface area contributed by atoms with Gasteiger partial charge in [0.15, 0.2) is 6.29 Å². The van der Waals surface area contributed by atoms with Crippen LogP contribution in [0, 0.1) is 0 Å². The van der Waals surface area contributed by atoms with Gasteiger partial charge in [0.2, 0.25) is 5.91 Å². The van der Waals surface area contributed by atoms with Gasteiger partial charge < -0.3 is 45.1 Å². The SMILES string of the molecule is CCCCCCC/C=C/CC/C=C/C(O)C(COC1OC(CO)C(O)C(O)C1O)NC(=O)CCCCCCCCCCCCCCCCC/C=C\C/C=C\CCCCCCCCCCCOC(=O)CCCCCCCCCCCCC. The van der Waals surface area contributed by atoms with E-state index in [1.807, 2.05) is 6.08 Å². The summed E-state index contributed by atoms with van der Waals surface area (Å²) in [6.07, 6.45) is 66.8. The Hall–Kier alpha value is -2.38. The summed E-state index contributed by atoms with van der Waals surface area (Å²) in [5.74, 6) is -0.187. The number of carbonyl (C=O) groups is 2. The van der Waals surface area contributed by atoms with Crippen molar-refractivity contribution in [3.63, 3.8) is 0 Å². The van der Waals surface area contributed by atoms with Crippen molar-refractivity contribution in [1.82, 2.24) is 5.32 Å². The van der Waals surface area contributed by atoms with Crippen molar-refractivity contribution >= 4 is 11.9 Å². The highest BCUT2D eigenvalue weighted by molar-refractivity contribution is 5.76. The molecule has 1 heterocycles. The van der Waals surface area contributed by atoms with E-state index < -0.39 is 49.5 Å². The summed E-state index contributed by atoms with van der Waals surface area (Å²) in [7, 11) is 0. The number of rotatable bonds is 60. The van der Waals surface area contributed by atoms with Crippen molar-refractivity contribution in [2.75, 3.05) is 19.8 Å². The predicted molar refractivity (Wildman–Crippen MR) is 338 cm³/mol. The van der Waals surface area contributed by atoms with Crippen LogP contribution in [0.2, 0.25) is 0 Å².